The third-order valence-electron chi connectivity index (χ3n) is 2.65. The van der Waals surface area contributed by atoms with Crippen LogP contribution >= 0.6 is 0 Å². The Labute approximate surface area is 97.2 Å². The number of nitrogens with one attached hydrogen (secondary N) is 1. The molecule has 3 heteroatoms. The SMILES string of the molecule is CC[C@H](C)[NH2+]CC(=O)Nc1cccc(C)c1. The van der Waals surface area contributed by atoms with Gasteiger partial charge in [-0.3, -0.25) is 4.79 Å². The van der Waals surface area contributed by atoms with Crippen molar-refractivity contribution in [1.29, 1.82) is 0 Å². The zero-order valence-electron chi connectivity index (χ0n) is 10.3. The van der Waals surface area contributed by atoms with Crippen molar-refractivity contribution in [3.05, 3.63) is 29.8 Å². The van der Waals surface area contributed by atoms with Gasteiger partial charge in [-0.1, -0.05) is 19.1 Å². The maximum absolute atomic E-state index is 11.6. The maximum atomic E-state index is 11.6. The zero-order chi connectivity index (χ0) is 12.0. The molecule has 1 rings (SSSR count). The minimum Gasteiger partial charge on any atom is -0.336 e. The van der Waals surface area contributed by atoms with Crippen LogP contribution in [0.4, 0.5) is 5.69 Å². The number of amides is 1. The molecule has 0 fully saturated rings. The standard InChI is InChI=1S/C13H20N2O/c1-4-11(3)14-9-13(16)15-12-7-5-6-10(2)8-12/h5-8,11,14H,4,9H2,1-3H3,(H,15,16)/p+1/t11-/m0/s1. The monoisotopic (exact) mass is 221 g/mol. The first-order valence-electron chi connectivity index (χ1n) is 5.81. The van der Waals surface area contributed by atoms with Crippen molar-refractivity contribution < 1.29 is 10.1 Å². The summed E-state index contributed by atoms with van der Waals surface area (Å²) in [6, 6.07) is 8.35. The lowest BCUT2D eigenvalue weighted by Gasteiger charge is -2.08. The summed E-state index contributed by atoms with van der Waals surface area (Å²) in [7, 11) is 0. The number of rotatable bonds is 5. The van der Waals surface area contributed by atoms with Crippen LogP contribution in [-0.4, -0.2) is 18.5 Å². The Hall–Kier alpha value is -1.35. The second kappa shape index (κ2) is 6.28. The molecule has 16 heavy (non-hydrogen) atoms. The molecule has 3 N–H and O–H groups in total. The molecule has 0 spiro atoms. The van der Waals surface area contributed by atoms with Gasteiger partial charge in [0.1, 0.15) is 0 Å². The van der Waals surface area contributed by atoms with Crippen LogP contribution in [0.5, 0.6) is 0 Å². The van der Waals surface area contributed by atoms with E-state index in [1.807, 2.05) is 31.2 Å². The highest BCUT2D eigenvalue weighted by atomic mass is 16.1. The zero-order valence-corrected chi connectivity index (χ0v) is 10.3. The van der Waals surface area contributed by atoms with E-state index >= 15 is 0 Å². The molecule has 1 aromatic rings. The van der Waals surface area contributed by atoms with Crippen molar-refractivity contribution >= 4 is 11.6 Å². The molecule has 1 aromatic carbocycles. The Bertz CT molecular complexity index is 350. The summed E-state index contributed by atoms with van der Waals surface area (Å²) >= 11 is 0. The number of carbonyl (C=O) groups excluding carboxylic acids is 1. The molecule has 0 aliphatic carbocycles. The van der Waals surface area contributed by atoms with Crippen LogP contribution < -0.4 is 10.6 Å². The Balaban J connectivity index is 2.40. The molecule has 3 nitrogen and oxygen atoms in total. The highest BCUT2D eigenvalue weighted by Gasteiger charge is 2.07. The summed E-state index contributed by atoms with van der Waals surface area (Å²) in [6.07, 6.45) is 1.08. The van der Waals surface area contributed by atoms with Crippen LogP contribution in [0.1, 0.15) is 25.8 Å². The smallest absolute Gasteiger partial charge is 0.279 e. The first-order chi connectivity index (χ1) is 7.61. The van der Waals surface area contributed by atoms with Gasteiger partial charge in [-0.15, -0.1) is 0 Å². The average molecular weight is 221 g/mol. The van der Waals surface area contributed by atoms with Gasteiger partial charge < -0.3 is 10.6 Å². The van der Waals surface area contributed by atoms with Crippen LogP contribution in [0.2, 0.25) is 0 Å². The summed E-state index contributed by atoms with van der Waals surface area (Å²) < 4.78 is 0. The van der Waals surface area contributed by atoms with E-state index in [1.54, 1.807) is 0 Å². The van der Waals surface area contributed by atoms with Crippen LogP contribution in [0.15, 0.2) is 24.3 Å². The number of benzene rings is 1. The van der Waals surface area contributed by atoms with Gasteiger partial charge in [-0.25, -0.2) is 0 Å². The number of aryl methyl sites for hydroxylation is 1. The lowest BCUT2D eigenvalue weighted by atomic mass is 10.2. The van der Waals surface area contributed by atoms with E-state index < -0.39 is 0 Å². The molecule has 0 saturated heterocycles. The van der Waals surface area contributed by atoms with Crippen molar-refractivity contribution in [3.63, 3.8) is 0 Å². The summed E-state index contributed by atoms with van der Waals surface area (Å²) in [5.41, 5.74) is 2.03. The second-order valence-electron chi connectivity index (χ2n) is 4.24. The topological polar surface area (TPSA) is 45.7 Å². The Morgan fingerprint density at radius 2 is 2.25 bits per heavy atom. The Morgan fingerprint density at radius 1 is 1.50 bits per heavy atom. The predicted octanol–water partition coefficient (Wildman–Crippen LogP) is 1.30. The second-order valence-corrected chi connectivity index (χ2v) is 4.24. The number of hydrogen-bond acceptors (Lipinski definition) is 1. The molecule has 0 aliphatic heterocycles. The van der Waals surface area contributed by atoms with E-state index in [0.29, 0.717) is 12.6 Å². The van der Waals surface area contributed by atoms with E-state index in [1.165, 1.54) is 0 Å². The lowest BCUT2D eigenvalue weighted by molar-refractivity contribution is -0.675. The fourth-order valence-electron chi connectivity index (χ4n) is 1.41. The minimum atomic E-state index is 0.0610. The van der Waals surface area contributed by atoms with Crippen LogP contribution in [0.3, 0.4) is 0 Å². The number of hydrogen-bond donors (Lipinski definition) is 2. The Kier molecular flexibility index (Phi) is 4.99. The molecule has 1 atom stereocenters. The summed E-state index contributed by atoms with van der Waals surface area (Å²) in [6.45, 7) is 6.75. The highest BCUT2D eigenvalue weighted by Crippen LogP contribution is 2.08. The van der Waals surface area contributed by atoms with E-state index in [-0.39, 0.29) is 5.91 Å². The lowest BCUT2D eigenvalue weighted by Crippen LogP contribution is -2.90. The third kappa shape index (κ3) is 4.45. The molecule has 88 valence electrons. The fraction of sp³-hybridized carbons (Fsp3) is 0.462. The van der Waals surface area contributed by atoms with Crippen LogP contribution in [0.25, 0.3) is 0 Å². The first-order valence-corrected chi connectivity index (χ1v) is 5.81. The van der Waals surface area contributed by atoms with Gasteiger partial charge in [0.2, 0.25) is 0 Å². The molecule has 0 heterocycles. The van der Waals surface area contributed by atoms with Crippen LogP contribution in [0, 0.1) is 6.92 Å². The molecular formula is C13H21N2O+. The van der Waals surface area contributed by atoms with Gasteiger partial charge in [0, 0.05) is 5.69 Å². The largest absolute Gasteiger partial charge is 0.336 e. The van der Waals surface area contributed by atoms with E-state index in [2.05, 4.69) is 24.5 Å². The normalized spacial score (nSPS) is 12.2. The Morgan fingerprint density at radius 3 is 2.88 bits per heavy atom. The number of carbonyl (C=O) groups is 1. The predicted molar refractivity (Wildman–Crippen MR) is 66.4 cm³/mol. The number of quaternary nitrogens is 1. The van der Waals surface area contributed by atoms with Gasteiger partial charge in [0.05, 0.1) is 6.04 Å². The van der Waals surface area contributed by atoms with Crippen molar-refractivity contribution in [2.24, 2.45) is 0 Å². The third-order valence-corrected chi connectivity index (χ3v) is 2.65. The summed E-state index contributed by atoms with van der Waals surface area (Å²) in [4.78, 5) is 11.6. The molecule has 0 unspecified atom stereocenters. The number of anilines is 1. The van der Waals surface area contributed by atoms with Crippen molar-refractivity contribution in [3.8, 4) is 0 Å². The van der Waals surface area contributed by atoms with E-state index in [4.69, 9.17) is 0 Å². The average Bonchev–Trinajstić information content (AvgIpc) is 2.26. The summed E-state index contributed by atoms with van der Waals surface area (Å²) in [5.74, 6) is 0.0610. The number of nitrogens with two attached hydrogens (primary N) is 1. The molecule has 0 saturated carbocycles. The fourth-order valence-corrected chi connectivity index (χ4v) is 1.41. The summed E-state index contributed by atoms with van der Waals surface area (Å²) in [5, 5.41) is 4.95. The van der Waals surface area contributed by atoms with Gasteiger partial charge in [0.15, 0.2) is 6.54 Å². The molecule has 0 aliphatic rings. The molecule has 0 bridgehead atoms. The maximum Gasteiger partial charge on any atom is 0.279 e. The molecule has 0 aromatic heterocycles. The van der Waals surface area contributed by atoms with Crippen molar-refractivity contribution in [2.45, 2.75) is 33.2 Å². The van der Waals surface area contributed by atoms with Crippen molar-refractivity contribution in [1.82, 2.24) is 0 Å². The molecule has 0 radical (unpaired) electrons. The van der Waals surface area contributed by atoms with Gasteiger partial charge in [0.25, 0.3) is 5.91 Å². The van der Waals surface area contributed by atoms with Crippen molar-refractivity contribution in [2.75, 3.05) is 11.9 Å². The van der Waals surface area contributed by atoms with E-state index in [9.17, 15) is 4.79 Å². The molecular weight excluding hydrogens is 200 g/mol. The molecule has 1 amide bonds. The van der Waals surface area contributed by atoms with Gasteiger partial charge >= 0.3 is 0 Å². The quantitative estimate of drug-likeness (QED) is 0.773. The van der Waals surface area contributed by atoms with Gasteiger partial charge in [-0.05, 0) is 38.0 Å². The minimum absolute atomic E-state index is 0.0610. The first kappa shape index (κ1) is 12.7. The van der Waals surface area contributed by atoms with E-state index in [0.717, 1.165) is 17.7 Å². The highest BCUT2D eigenvalue weighted by molar-refractivity contribution is 5.91. The van der Waals surface area contributed by atoms with Crippen LogP contribution in [-0.2, 0) is 4.79 Å². The van der Waals surface area contributed by atoms with Gasteiger partial charge in [-0.2, -0.15) is 0 Å².